The monoisotopic (exact) mass is 175 g/mol. The van der Waals surface area contributed by atoms with Crippen molar-refractivity contribution in [3.63, 3.8) is 0 Å². The Morgan fingerprint density at radius 3 is 2.55 bits per heavy atom. The molecule has 0 fully saturated rings. The summed E-state index contributed by atoms with van der Waals surface area (Å²) in [6.07, 6.45) is 3.18. The lowest BCUT2D eigenvalue weighted by Crippen LogP contribution is -2.27. The van der Waals surface area contributed by atoms with Crippen molar-refractivity contribution in [3.8, 4) is 0 Å². The largest absolute Gasteiger partial charge is 0.344 e. The molecule has 0 saturated heterocycles. The van der Waals surface area contributed by atoms with Crippen molar-refractivity contribution in [2.24, 2.45) is 0 Å². The second-order valence-corrected chi connectivity index (χ2v) is 2.13. The number of carbonyl (C=O) groups is 1. The van der Waals surface area contributed by atoms with Crippen LogP contribution in [0.25, 0.3) is 0 Å². The zero-order chi connectivity index (χ0) is 7.56. The fraction of sp³-hybridized carbons (Fsp3) is 0.333. The molecule has 0 aliphatic rings. The molecule has 1 amide bonds. The Morgan fingerprint density at radius 1 is 1.55 bits per heavy atom. The third-order valence-electron chi connectivity index (χ3n) is 1.08. The molecule has 0 unspecified atom stereocenters. The van der Waals surface area contributed by atoms with Gasteiger partial charge in [-0.15, -0.1) is 12.4 Å². The van der Waals surface area contributed by atoms with Crippen molar-refractivity contribution in [1.29, 1.82) is 0 Å². The average Bonchev–Trinajstić information content (AvgIpc) is 2.36. The Hall–Kier alpha value is -1.03. The third kappa shape index (κ3) is 2.23. The summed E-state index contributed by atoms with van der Waals surface area (Å²) < 4.78 is 1.28. The number of amides is 1. The topological polar surface area (TPSA) is 38.1 Å². The molecule has 5 heteroatoms. The molecule has 0 spiro atoms. The molecule has 0 aliphatic heterocycles. The van der Waals surface area contributed by atoms with Crippen molar-refractivity contribution in [2.75, 3.05) is 14.1 Å². The molecule has 62 valence electrons. The van der Waals surface area contributed by atoms with E-state index >= 15 is 0 Å². The van der Waals surface area contributed by atoms with Crippen molar-refractivity contribution >= 4 is 18.4 Å². The summed E-state index contributed by atoms with van der Waals surface area (Å²) in [5.74, 6) is 0. The highest BCUT2D eigenvalue weighted by Gasteiger charge is 2.04. The smallest absolute Gasteiger partial charge is 0.329 e. The highest BCUT2D eigenvalue weighted by molar-refractivity contribution is 5.85. The molecule has 0 atom stereocenters. The highest BCUT2D eigenvalue weighted by atomic mass is 35.5. The van der Waals surface area contributed by atoms with Crippen LogP contribution < -0.4 is 0 Å². The molecule has 0 radical (unpaired) electrons. The summed E-state index contributed by atoms with van der Waals surface area (Å²) in [4.78, 5) is 12.5. The van der Waals surface area contributed by atoms with Crippen LogP contribution in [0, 0.1) is 0 Å². The van der Waals surface area contributed by atoms with Gasteiger partial charge in [-0.1, -0.05) is 0 Å². The molecule has 4 nitrogen and oxygen atoms in total. The van der Waals surface area contributed by atoms with Crippen LogP contribution in [-0.2, 0) is 0 Å². The third-order valence-corrected chi connectivity index (χ3v) is 1.08. The predicted molar refractivity (Wildman–Crippen MR) is 44.0 cm³/mol. The summed E-state index contributed by atoms with van der Waals surface area (Å²) >= 11 is 0. The molecule has 1 aromatic heterocycles. The first-order valence-corrected chi connectivity index (χ1v) is 2.93. The van der Waals surface area contributed by atoms with Crippen LogP contribution >= 0.6 is 12.4 Å². The molecule has 0 saturated carbocycles. The fourth-order valence-electron chi connectivity index (χ4n) is 0.587. The summed E-state index contributed by atoms with van der Waals surface area (Å²) in [6.45, 7) is 0. The first kappa shape index (κ1) is 9.97. The van der Waals surface area contributed by atoms with Gasteiger partial charge in [0.25, 0.3) is 0 Å². The number of nitrogens with zero attached hydrogens (tertiary/aromatic N) is 3. The normalized spacial score (nSPS) is 8.55. The maximum absolute atomic E-state index is 11.0. The zero-order valence-corrected chi connectivity index (χ0v) is 7.21. The second kappa shape index (κ2) is 3.98. The lowest BCUT2D eigenvalue weighted by Gasteiger charge is -2.08. The van der Waals surface area contributed by atoms with Crippen LogP contribution in [0.3, 0.4) is 0 Å². The Labute approximate surface area is 71.2 Å². The number of halogens is 1. The van der Waals surface area contributed by atoms with Gasteiger partial charge in [-0.3, -0.25) is 0 Å². The second-order valence-electron chi connectivity index (χ2n) is 2.13. The SMILES string of the molecule is CN(C)C(=O)n1cccn1.Cl. The van der Waals surface area contributed by atoms with Crippen molar-refractivity contribution in [1.82, 2.24) is 14.7 Å². The van der Waals surface area contributed by atoms with E-state index in [4.69, 9.17) is 0 Å². The number of carbonyl (C=O) groups excluding carboxylic acids is 1. The van der Waals surface area contributed by atoms with E-state index in [1.54, 1.807) is 32.6 Å². The van der Waals surface area contributed by atoms with Gasteiger partial charge in [0.15, 0.2) is 0 Å². The molecule has 0 N–H and O–H groups in total. The lowest BCUT2D eigenvalue weighted by molar-refractivity contribution is 0.216. The summed E-state index contributed by atoms with van der Waals surface area (Å²) in [7, 11) is 3.37. The fourth-order valence-corrected chi connectivity index (χ4v) is 0.587. The Kier molecular flexibility index (Phi) is 3.60. The van der Waals surface area contributed by atoms with E-state index in [0.717, 1.165) is 0 Å². The van der Waals surface area contributed by atoms with Crippen LogP contribution in [0.1, 0.15) is 0 Å². The van der Waals surface area contributed by atoms with E-state index in [9.17, 15) is 4.79 Å². The van der Waals surface area contributed by atoms with Crippen LogP contribution in [0.2, 0.25) is 0 Å². The maximum atomic E-state index is 11.0. The maximum Gasteiger partial charge on any atom is 0.344 e. The molecule has 1 rings (SSSR count). The first-order valence-electron chi connectivity index (χ1n) is 2.93. The van der Waals surface area contributed by atoms with Crippen LogP contribution in [0.15, 0.2) is 18.5 Å². The highest BCUT2D eigenvalue weighted by Crippen LogP contribution is 1.87. The van der Waals surface area contributed by atoms with Crippen LogP contribution in [0.5, 0.6) is 0 Å². The van der Waals surface area contributed by atoms with E-state index in [1.165, 1.54) is 9.58 Å². The minimum Gasteiger partial charge on any atom is -0.329 e. The molecular formula is C6H10ClN3O. The Bertz CT molecular complexity index is 220. The molecular weight excluding hydrogens is 166 g/mol. The molecule has 0 aliphatic carbocycles. The van der Waals surface area contributed by atoms with E-state index in [1.807, 2.05) is 0 Å². The number of rotatable bonds is 0. The summed E-state index contributed by atoms with van der Waals surface area (Å²) in [6, 6.07) is 1.58. The quantitative estimate of drug-likeness (QED) is 0.586. The summed E-state index contributed by atoms with van der Waals surface area (Å²) in [5.41, 5.74) is 0. The molecule has 1 heterocycles. The van der Waals surface area contributed by atoms with Gasteiger partial charge in [-0.05, 0) is 6.07 Å². The summed E-state index contributed by atoms with van der Waals surface area (Å²) in [5, 5.41) is 3.76. The van der Waals surface area contributed by atoms with E-state index in [2.05, 4.69) is 5.10 Å². The zero-order valence-electron chi connectivity index (χ0n) is 6.39. The van der Waals surface area contributed by atoms with Crippen molar-refractivity contribution < 1.29 is 4.79 Å². The number of aromatic nitrogens is 2. The predicted octanol–water partition coefficient (Wildman–Crippen LogP) is 0.835. The van der Waals surface area contributed by atoms with Crippen LogP contribution in [0.4, 0.5) is 4.79 Å². The first-order chi connectivity index (χ1) is 4.72. The van der Waals surface area contributed by atoms with Gasteiger partial charge in [0, 0.05) is 26.5 Å². The van der Waals surface area contributed by atoms with Crippen LogP contribution in [-0.4, -0.2) is 34.8 Å². The van der Waals surface area contributed by atoms with Crippen molar-refractivity contribution in [2.45, 2.75) is 0 Å². The lowest BCUT2D eigenvalue weighted by atomic mass is 10.7. The van der Waals surface area contributed by atoms with Gasteiger partial charge >= 0.3 is 6.03 Å². The van der Waals surface area contributed by atoms with Crippen molar-refractivity contribution in [3.05, 3.63) is 18.5 Å². The Morgan fingerprint density at radius 2 is 2.18 bits per heavy atom. The van der Waals surface area contributed by atoms with Gasteiger partial charge in [0.2, 0.25) is 0 Å². The van der Waals surface area contributed by atoms with Gasteiger partial charge in [-0.25, -0.2) is 4.79 Å². The molecule has 0 bridgehead atoms. The standard InChI is InChI=1S/C6H9N3O.ClH/c1-8(2)6(10)9-5-3-4-7-9;/h3-5H,1-2H3;1H. The van der Waals surface area contributed by atoms with Gasteiger partial charge < -0.3 is 4.90 Å². The van der Waals surface area contributed by atoms with Gasteiger partial charge in [0.05, 0.1) is 0 Å². The Balaban J connectivity index is 0.000001000. The minimum atomic E-state index is -0.134. The number of hydrogen-bond acceptors (Lipinski definition) is 2. The molecule has 11 heavy (non-hydrogen) atoms. The van der Waals surface area contributed by atoms with E-state index in [-0.39, 0.29) is 18.4 Å². The van der Waals surface area contributed by atoms with Gasteiger partial charge in [0.1, 0.15) is 0 Å². The van der Waals surface area contributed by atoms with Gasteiger partial charge in [-0.2, -0.15) is 9.78 Å². The molecule has 0 aromatic carbocycles. The molecule has 1 aromatic rings. The minimum absolute atomic E-state index is 0. The average molecular weight is 176 g/mol. The number of hydrogen-bond donors (Lipinski definition) is 0. The van der Waals surface area contributed by atoms with E-state index in [0.29, 0.717) is 0 Å². The van der Waals surface area contributed by atoms with E-state index < -0.39 is 0 Å².